The molecule has 5 rings (SSSR count). The molecule has 1 aliphatic heterocycles. The lowest BCUT2D eigenvalue weighted by Gasteiger charge is -2.24. The summed E-state index contributed by atoms with van der Waals surface area (Å²) in [4.78, 5) is 0.644. The van der Waals surface area contributed by atoms with Gasteiger partial charge in [-0.05, 0) is 36.4 Å². The van der Waals surface area contributed by atoms with E-state index in [2.05, 4.69) is 15.3 Å². The molecule has 136 valence electrons. The van der Waals surface area contributed by atoms with Gasteiger partial charge in [0.15, 0.2) is 28.4 Å². The molecule has 0 amide bonds. The Labute approximate surface area is 156 Å². The predicted molar refractivity (Wildman–Crippen MR) is 94.7 cm³/mol. The van der Waals surface area contributed by atoms with Gasteiger partial charge in [-0.2, -0.15) is 9.61 Å². The van der Waals surface area contributed by atoms with Gasteiger partial charge in [0, 0.05) is 0 Å². The van der Waals surface area contributed by atoms with Gasteiger partial charge in [0.05, 0.1) is 0 Å². The van der Waals surface area contributed by atoms with E-state index < -0.39 is 6.10 Å². The molecule has 7 nitrogen and oxygen atoms in total. The topological polar surface area (TPSA) is 70.8 Å². The lowest BCUT2D eigenvalue weighted by Crippen LogP contribution is -2.23. The van der Waals surface area contributed by atoms with Gasteiger partial charge in [-0.25, -0.2) is 4.39 Å². The lowest BCUT2D eigenvalue weighted by atomic mass is 10.2. The lowest BCUT2D eigenvalue weighted by molar-refractivity contribution is 0.0835. The smallest absolute Gasteiger partial charge is 0.234 e. The highest BCUT2D eigenvalue weighted by molar-refractivity contribution is 7.16. The molecule has 0 saturated heterocycles. The van der Waals surface area contributed by atoms with E-state index in [0.717, 1.165) is 5.01 Å². The zero-order valence-electron chi connectivity index (χ0n) is 13.9. The molecule has 1 aliphatic rings. The summed E-state index contributed by atoms with van der Waals surface area (Å²) in [6, 6.07) is 13.3. The highest BCUT2D eigenvalue weighted by atomic mass is 32.1. The van der Waals surface area contributed by atoms with Crippen LogP contribution >= 0.6 is 11.3 Å². The van der Waals surface area contributed by atoms with Crippen LogP contribution in [0.5, 0.6) is 17.2 Å². The van der Waals surface area contributed by atoms with Crippen molar-refractivity contribution < 1.29 is 18.6 Å². The average Bonchev–Trinajstić information content (AvgIpc) is 3.27. The maximum atomic E-state index is 13.0. The summed E-state index contributed by atoms with van der Waals surface area (Å²) < 4.78 is 32.0. The zero-order chi connectivity index (χ0) is 18.2. The number of fused-ring (bicyclic) bond motifs is 2. The van der Waals surface area contributed by atoms with Crippen LogP contribution < -0.4 is 14.2 Å². The van der Waals surface area contributed by atoms with Crippen LogP contribution in [0.3, 0.4) is 0 Å². The number of para-hydroxylation sites is 2. The molecule has 0 unspecified atom stereocenters. The number of hydrogen-bond acceptors (Lipinski definition) is 7. The van der Waals surface area contributed by atoms with E-state index in [-0.39, 0.29) is 12.4 Å². The van der Waals surface area contributed by atoms with Crippen LogP contribution in [0.4, 0.5) is 4.39 Å². The van der Waals surface area contributed by atoms with Crippen molar-refractivity contribution in [2.45, 2.75) is 12.7 Å². The van der Waals surface area contributed by atoms with Crippen LogP contribution in [0, 0.1) is 5.82 Å². The van der Waals surface area contributed by atoms with Crippen LogP contribution in [0.25, 0.3) is 4.96 Å². The van der Waals surface area contributed by atoms with Crippen molar-refractivity contribution in [1.82, 2.24) is 19.8 Å². The molecule has 2 aromatic carbocycles. The third-order valence-corrected chi connectivity index (χ3v) is 4.90. The molecule has 3 heterocycles. The second kappa shape index (κ2) is 6.51. The number of benzene rings is 2. The standard InChI is InChI=1S/C18H13FN4O3S/c19-11-5-7-12(8-6-11)24-10-16-22-23-17(20-21-18(23)27-16)15-9-25-13-3-1-2-4-14(13)26-15/h1-8,15H,9-10H2/t15-/m1/s1. The van der Waals surface area contributed by atoms with E-state index in [0.29, 0.717) is 34.6 Å². The van der Waals surface area contributed by atoms with E-state index >= 15 is 0 Å². The maximum absolute atomic E-state index is 13.0. The van der Waals surface area contributed by atoms with E-state index in [1.165, 1.54) is 23.5 Å². The summed E-state index contributed by atoms with van der Waals surface area (Å²) in [5.41, 5.74) is 0. The zero-order valence-corrected chi connectivity index (χ0v) is 14.7. The molecular formula is C18H13FN4O3S. The Bertz CT molecular complexity index is 1100. The normalized spacial score (nSPS) is 15.8. The summed E-state index contributed by atoms with van der Waals surface area (Å²) in [5, 5.41) is 13.6. The number of hydrogen-bond donors (Lipinski definition) is 0. The van der Waals surface area contributed by atoms with E-state index in [1.807, 2.05) is 24.3 Å². The number of ether oxygens (including phenoxy) is 3. The van der Waals surface area contributed by atoms with Crippen molar-refractivity contribution in [2.75, 3.05) is 6.61 Å². The molecule has 27 heavy (non-hydrogen) atoms. The van der Waals surface area contributed by atoms with Gasteiger partial charge in [0.1, 0.15) is 24.8 Å². The largest absolute Gasteiger partial charge is 0.486 e. The Kier molecular flexibility index (Phi) is 3.86. The van der Waals surface area contributed by atoms with Crippen molar-refractivity contribution >= 4 is 16.3 Å². The van der Waals surface area contributed by atoms with Crippen LogP contribution in [-0.2, 0) is 6.61 Å². The molecule has 0 radical (unpaired) electrons. The van der Waals surface area contributed by atoms with Crippen molar-refractivity contribution in [1.29, 1.82) is 0 Å². The fourth-order valence-corrected chi connectivity index (χ4v) is 3.51. The van der Waals surface area contributed by atoms with Crippen LogP contribution in [0.2, 0.25) is 0 Å². The van der Waals surface area contributed by atoms with Gasteiger partial charge in [0.25, 0.3) is 0 Å². The number of aromatic nitrogens is 4. The highest BCUT2D eigenvalue weighted by Crippen LogP contribution is 2.35. The van der Waals surface area contributed by atoms with Gasteiger partial charge >= 0.3 is 0 Å². The molecule has 1 atom stereocenters. The van der Waals surface area contributed by atoms with Crippen molar-refractivity contribution in [3.63, 3.8) is 0 Å². The van der Waals surface area contributed by atoms with Crippen LogP contribution in [0.1, 0.15) is 16.9 Å². The van der Waals surface area contributed by atoms with Gasteiger partial charge in [-0.15, -0.1) is 10.2 Å². The fraction of sp³-hybridized carbons (Fsp3) is 0.167. The van der Waals surface area contributed by atoms with E-state index in [9.17, 15) is 4.39 Å². The number of halogens is 1. The van der Waals surface area contributed by atoms with Gasteiger partial charge in [-0.1, -0.05) is 23.5 Å². The second-order valence-electron chi connectivity index (χ2n) is 5.86. The Balaban J connectivity index is 1.35. The Morgan fingerprint density at radius 1 is 1.11 bits per heavy atom. The first-order valence-electron chi connectivity index (χ1n) is 8.24. The molecule has 4 aromatic rings. The van der Waals surface area contributed by atoms with E-state index in [4.69, 9.17) is 14.2 Å². The molecule has 2 aromatic heterocycles. The Morgan fingerprint density at radius 3 is 2.78 bits per heavy atom. The number of rotatable bonds is 4. The average molecular weight is 384 g/mol. The maximum Gasteiger partial charge on any atom is 0.234 e. The predicted octanol–water partition coefficient (Wildman–Crippen LogP) is 3.42. The Hall–Kier alpha value is -3.20. The summed E-state index contributed by atoms with van der Waals surface area (Å²) in [5.74, 6) is 2.22. The second-order valence-corrected chi connectivity index (χ2v) is 6.90. The highest BCUT2D eigenvalue weighted by Gasteiger charge is 2.28. The summed E-state index contributed by atoms with van der Waals surface area (Å²) in [7, 11) is 0. The third kappa shape index (κ3) is 3.06. The minimum Gasteiger partial charge on any atom is -0.486 e. The van der Waals surface area contributed by atoms with Gasteiger partial charge in [-0.3, -0.25) is 0 Å². The molecular weight excluding hydrogens is 371 g/mol. The molecule has 0 spiro atoms. The fourth-order valence-electron chi connectivity index (χ4n) is 2.75. The van der Waals surface area contributed by atoms with Crippen molar-refractivity contribution in [3.05, 3.63) is 65.2 Å². The summed E-state index contributed by atoms with van der Waals surface area (Å²) >= 11 is 1.37. The van der Waals surface area contributed by atoms with Gasteiger partial charge in [0.2, 0.25) is 4.96 Å². The molecule has 0 fully saturated rings. The van der Waals surface area contributed by atoms with Crippen LogP contribution in [-0.4, -0.2) is 26.4 Å². The molecule has 0 N–H and O–H groups in total. The SMILES string of the molecule is Fc1ccc(OCc2nn3c([C@H]4COc5ccccc5O4)nnc3s2)cc1. The molecule has 0 bridgehead atoms. The van der Waals surface area contributed by atoms with Crippen LogP contribution in [0.15, 0.2) is 48.5 Å². The molecule has 0 aliphatic carbocycles. The van der Waals surface area contributed by atoms with E-state index in [1.54, 1.807) is 16.6 Å². The molecule has 0 saturated carbocycles. The number of nitrogens with zero attached hydrogens (tertiary/aromatic N) is 4. The first-order valence-corrected chi connectivity index (χ1v) is 9.06. The minimum atomic E-state index is -0.400. The summed E-state index contributed by atoms with van der Waals surface area (Å²) in [6.07, 6.45) is -0.400. The molecule has 9 heteroatoms. The third-order valence-electron chi connectivity index (χ3n) is 4.03. The minimum absolute atomic E-state index is 0.254. The first-order chi connectivity index (χ1) is 13.3. The Morgan fingerprint density at radius 2 is 1.93 bits per heavy atom. The van der Waals surface area contributed by atoms with Gasteiger partial charge < -0.3 is 14.2 Å². The van der Waals surface area contributed by atoms with Crippen molar-refractivity contribution in [3.8, 4) is 17.2 Å². The first kappa shape index (κ1) is 16.0. The quantitative estimate of drug-likeness (QED) is 0.537. The summed E-state index contributed by atoms with van der Waals surface area (Å²) in [6.45, 7) is 0.584. The monoisotopic (exact) mass is 384 g/mol. The van der Waals surface area contributed by atoms with Crippen molar-refractivity contribution in [2.24, 2.45) is 0 Å².